The Bertz CT molecular complexity index is 569. The number of hydrogen-bond donors (Lipinski definition) is 2. The lowest BCUT2D eigenvalue weighted by molar-refractivity contribution is 0.0572. The Kier molecular flexibility index (Phi) is 3.65. The van der Waals surface area contributed by atoms with Gasteiger partial charge in [-0.1, -0.05) is 0 Å². The molecule has 0 saturated carbocycles. The Morgan fingerprint density at radius 2 is 1.58 bits per heavy atom. The molecule has 0 bridgehead atoms. The largest absolute Gasteiger partial charge is 0.389 e. The van der Waals surface area contributed by atoms with Gasteiger partial charge in [0.15, 0.2) is 0 Å². The number of aryl methyl sites for hydroxylation is 2. The number of aliphatic hydroxyl groups excluding tert-OH is 2. The highest BCUT2D eigenvalue weighted by atomic mass is 32.2. The molecule has 2 N–H and O–H groups in total. The van der Waals surface area contributed by atoms with E-state index in [1.54, 1.807) is 0 Å². The highest BCUT2D eigenvalue weighted by molar-refractivity contribution is 7.89. The fourth-order valence-electron chi connectivity index (χ4n) is 2.36. The molecule has 19 heavy (non-hydrogen) atoms. The number of hydrogen-bond acceptors (Lipinski definition) is 4. The van der Waals surface area contributed by atoms with Crippen LogP contribution in [0.3, 0.4) is 0 Å². The zero-order valence-corrected chi connectivity index (χ0v) is 11.5. The monoisotopic (exact) mass is 289 g/mol. The van der Waals surface area contributed by atoms with E-state index in [0.29, 0.717) is 11.1 Å². The standard InChI is InChI=1S/C12H16FNO4S/c1-7-3-9(13)4-8(2)12(7)19(17,18)14-5-10(15)11(16)6-14/h3-4,10-11,15-16H,5-6H2,1-2H3/t10-,11+. The van der Waals surface area contributed by atoms with E-state index in [4.69, 9.17) is 0 Å². The number of aliphatic hydroxyl groups is 2. The molecule has 0 spiro atoms. The van der Waals surface area contributed by atoms with E-state index in [0.717, 1.165) is 16.4 Å². The van der Waals surface area contributed by atoms with Crippen LogP contribution < -0.4 is 0 Å². The summed E-state index contributed by atoms with van der Waals surface area (Å²) >= 11 is 0. The lowest BCUT2D eigenvalue weighted by Crippen LogP contribution is -2.31. The van der Waals surface area contributed by atoms with Gasteiger partial charge in [0.25, 0.3) is 0 Å². The summed E-state index contributed by atoms with van der Waals surface area (Å²) in [6, 6.07) is 2.31. The molecule has 1 aromatic rings. The van der Waals surface area contributed by atoms with E-state index in [1.165, 1.54) is 13.8 Å². The van der Waals surface area contributed by atoms with Crippen molar-refractivity contribution in [1.29, 1.82) is 0 Å². The van der Waals surface area contributed by atoms with Crippen LogP contribution in [0.25, 0.3) is 0 Å². The van der Waals surface area contributed by atoms with Crippen LogP contribution in [0.5, 0.6) is 0 Å². The predicted molar refractivity (Wildman–Crippen MR) is 66.6 cm³/mol. The van der Waals surface area contributed by atoms with Gasteiger partial charge in [-0.2, -0.15) is 4.31 Å². The molecule has 7 heteroatoms. The average molecular weight is 289 g/mol. The summed E-state index contributed by atoms with van der Waals surface area (Å²) in [4.78, 5) is 0.0372. The van der Waals surface area contributed by atoms with Gasteiger partial charge in [0, 0.05) is 13.1 Å². The highest BCUT2D eigenvalue weighted by Gasteiger charge is 2.38. The third-order valence-corrected chi connectivity index (χ3v) is 5.39. The van der Waals surface area contributed by atoms with Gasteiger partial charge in [-0.05, 0) is 37.1 Å². The molecule has 0 radical (unpaired) electrons. The minimum absolute atomic E-state index is 0.0372. The first-order chi connectivity index (χ1) is 8.73. The van der Waals surface area contributed by atoms with E-state index in [9.17, 15) is 23.0 Å². The van der Waals surface area contributed by atoms with Crippen LogP contribution in [0.15, 0.2) is 17.0 Å². The Balaban J connectivity index is 2.47. The van der Waals surface area contributed by atoms with Crippen LogP contribution in [-0.2, 0) is 10.0 Å². The molecule has 0 aliphatic carbocycles. The normalized spacial score (nSPS) is 24.9. The maximum Gasteiger partial charge on any atom is 0.243 e. The van der Waals surface area contributed by atoms with Crippen molar-refractivity contribution in [3.05, 3.63) is 29.1 Å². The topological polar surface area (TPSA) is 77.8 Å². The van der Waals surface area contributed by atoms with Crippen LogP contribution in [0.2, 0.25) is 0 Å². The second-order valence-corrected chi connectivity index (χ2v) is 6.70. The number of nitrogens with zero attached hydrogens (tertiary/aromatic N) is 1. The summed E-state index contributed by atoms with van der Waals surface area (Å²) in [7, 11) is -3.84. The molecule has 5 nitrogen and oxygen atoms in total. The second-order valence-electron chi connectivity index (χ2n) is 4.83. The number of sulfonamides is 1. The molecule has 1 aliphatic rings. The molecular formula is C12H16FNO4S. The maximum atomic E-state index is 13.2. The Labute approximate surface area is 111 Å². The lowest BCUT2D eigenvalue weighted by Gasteiger charge is -2.19. The van der Waals surface area contributed by atoms with Crippen molar-refractivity contribution in [2.45, 2.75) is 31.0 Å². The molecule has 0 unspecified atom stereocenters. The van der Waals surface area contributed by atoms with E-state index in [2.05, 4.69) is 0 Å². The van der Waals surface area contributed by atoms with E-state index in [-0.39, 0.29) is 18.0 Å². The van der Waals surface area contributed by atoms with Crippen molar-refractivity contribution in [1.82, 2.24) is 4.31 Å². The van der Waals surface area contributed by atoms with Gasteiger partial charge < -0.3 is 10.2 Å². The van der Waals surface area contributed by atoms with Crippen molar-refractivity contribution >= 4 is 10.0 Å². The van der Waals surface area contributed by atoms with Gasteiger partial charge in [-0.25, -0.2) is 12.8 Å². The molecule has 0 amide bonds. The minimum Gasteiger partial charge on any atom is -0.389 e. The van der Waals surface area contributed by atoms with Gasteiger partial charge in [0.05, 0.1) is 17.1 Å². The highest BCUT2D eigenvalue weighted by Crippen LogP contribution is 2.27. The molecule has 2 rings (SSSR count). The van der Waals surface area contributed by atoms with Crippen LogP contribution in [0.1, 0.15) is 11.1 Å². The molecule has 1 heterocycles. The molecule has 106 valence electrons. The third kappa shape index (κ3) is 2.51. The number of halogens is 1. The molecule has 0 aromatic heterocycles. The first-order valence-electron chi connectivity index (χ1n) is 5.86. The van der Waals surface area contributed by atoms with E-state index in [1.807, 2.05) is 0 Å². The van der Waals surface area contributed by atoms with Crippen LogP contribution in [0, 0.1) is 19.7 Å². The summed E-state index contributed by atoms with van der Waals surface area (Å²) in [6.45, 7) is 2.73. The zero-order chi connectivity index (χ0) is 14.4. The number of β-amino-alcohol motifs (C(OH)–C–C–N with tert-alkyl or cyclic N) is 2. The fourth-order valence-corrected chi connectivity index (χ4v) is 4.25. The summed E-state index contributed by atoms with van der Waals surface area (Å²) in [5, 5.41) is 18.9. The first kappa shape index (κ1) is 14.4. The van der Waals surface area contributed by atoms with E-state index >= 15 is 0 Å². The Morgan fingerprint density at radius 3 is 2.00 bits per heavy atom. The van der Waals surface area contributed by atoms with Gasteiger partial charge in [-0.3, -0.25) is 0 Å². The maximum absolute atomic E-state index is 13.2. The van der Waals surface area contributed by atoms with Crippen molar-refractivity contribution in [2.75, 3.05) is 13.1 Å². The second kappa shape index (κ2) is 4.82. The van der Waals surface area contributed by atoms with Crippen molar-refractivity contribution in [3.63, 3.8) is 0 Å². The number of rotatable bonds is 2. The quantitative estimate of drug-likeness (QED) is 0.813. The SMILES string of the molecule is Cc1cc(F)cc(C)c1S(=O)(=O)N1C[C@@H](O)[C@@H](O)C1. The molecule has 1 aliphatic heterocycles. The van der Waals surface area contributed by atoms with E-state index < -0.39 is 28.0 Å². The van der Waals surface area contributed by atoms with Gasteiger partial charge in [0.2, 0.25) is 10.0 Å². The summed E-state index contributed by atoms with van der Waals surface area (Å²) < 4.78 is 39.2. The minimum atomic E-state index is -3.84. The number of benzene rings is 1. The van der Waals surface area contributed by atoms with Crippen LogP contribution >= 0.6 is 0 Å². The smallest absolute Gasteiger partial charge is 0.243 e. The molecule has 2 atom stereocenters. The average Bonchev–Trinajstić information content (AvgIpc) is 2.57. The molecular weight excluding hydrogens is 273 g/mol. The summed E-state index contributed by atoms with van der Waals surface area (Å²) in [6.07, 6.45) is -2.17. The predicted octanol–water partition coefficient (Wildman–Crippen LogP) is 0.169. The van der Waals surface area contributed by atoms with Gasteiger partial charge >= 0.3 is 0 Å². The fraction of sp³-hybridized carbons (Fsp3) is 0.500. The van der Waals surface area contributed by atoms with Crippen molar-refractivity contribution in [2.24, 2.45) is 0 Å². The van der Waals surface area contributed by atoms with Gasteiger partial charge in [0.1, 0.15) is 5.82 Å². The van der Waals surface area contributed by atoms with Crippen molar-refractivity contribution in [3.8, 4) is 0 Å². The van der Waals surface area contributed by atoms with Crippen molar-refractivity contribution < 1.29 is 23.0 Å². The molecule has 1 fully saturated rings. The summed E-state index contributed by atoms with van der Waals surface area (Å²) in [5.74, 6) is -0.490. The molecule has 1 aromatic carbocycles. The molecule has 1 saturated heterocycles. The Morgan fingerprint density at radius 1 is 1.16 bits per heavy atom. The van der Waals surface area contributed by atoms with Gasteiger partial charge in [-0.15, -0.1) is 0 Å². The summed E-state index contributed by atoms with van der Waals surface area (Å²) in [5.41, 5.74) is 0.627. The lowest BCUT2D eigenvalue weighted by atomic mass is 10.1. The Hall–Kier alpha value is -1.02. The first-order valence-corrected chi connectivity index (χ1v) is 7.30. The third-order valence-electron chi connectivity index (χ3n) is 3.25. The zero-order valence-electron chi connectivity index (χ0n) is 10.7. The van der Waals surface area contributed by atoms with Crippen LogP contribution in [0.4, 0.5) is 4.39 Å². The van der Waals surface area contributed by atoms with Crippen LogP contribution in [-0.4, -0.2) is 48.2 Å².